The van der Waals surface area contributed by atoms with Gasteiger partial charge in [0.15, 0.2) is 0 Å². The molecule has 0 aliphatic carbocycles. The molecule has 0 fully saturated rings. The number of rotatable bonds is 9. The zero-order valence-electron chi connectivity index (χ0n) is 30.7. The van der Waals surface area contributed by atoms with Crippen LogP contribution in [0.3, 0.4) is 0 Å². The summed E-state index contributed by atoms with van der Waals surface area (Å²) in [6.45, 7) is 0. The molecule has 6 aromatic heterocycles. The van der Waals surface area contributed by atoms with Gasteiger partial charge >= 0.3 is 335 Å². The minimum absolute atomic E-state index is 0.315. The Morgan fingerprint density at radius 1 is 0.625 bits per heavy atom. The average Bonchev–Trinajstić information content (AvgIpc) is 3.96. The van der Waals surface area contributed by atoms with E-state index in [1.54, 1.807) is 0 Å². The first-order valence-corrected chi connectivity index (χ1v) is 23.9. The van der Waals surface area contributed by atoms with Gasteiger partial charge < -0.3 is 0 Å². The number of imidazole rings is 4. The van der Waals surface area contributed by atoms with E-state index in [1.807, 2.05) is 81.8 Å². The predicted octanol–water partition coefficient (Wildman–Crippen LogP) is 4.60. The third-order valence-corrected chi connectivity index (χ3v) is 17.1. The van der Waals surface area contributed by atoms with Gasteiger partial charge in [-0.3, -0.25) is 0 Å². The van der Waals surface area contributed by atoms with Crippen LogP contribution < -0.4 is 28.7 Å². The standard InChI is InChI=1S/C42H35N12Se2/c1-49-23-43-37-35(49)42-52(4)34(28-13-9-6-10-14-28)40(54(42)24-44-37)47-30-17-21-32(22-18-30)56-55-31-19-15-29(16-20-31)46-38-33(27-11-7-5-8-12-27)48-41-36-39(45-25-53(38)41)51(3)26-50(36)2/h5-26,46-47H,2H2,1,3-4H3/q+1. The fourth-order valence-electron chi connectivity index (χ4n) is 7.26. The number of hydrogen-bond donors (Lipinski definition) is 2. The monoisotopic (exact) mass is 867 g/mol. The van der Waals surface area contributed by atoms with Crippen molar-refractivity contribution >= 4 is 91.8 Å². The minimum atomic E-state index is 0.315. The molecule has 56 heavy (non-hydrogen) atoms. The van der Waals surface area contributed by atoms with Crippen LogP contribution in [0.15, 0.2) is 135 Å². The van der Waals surface area contributed by atoms with E-state index in [0.29, 0.717) is 26.3 Å². The van der Waals surface area contributed by atoms with Crippen molar-refractivity contribution < 1.29 is 9.13 Å². The zero-order chi connectivity index (χ0) is 37.9. The van der Waals surface area contributed by atoms with Crippen LogP contribution in [0.4, 0.5) is 23.0 Å². The van der Waals surface area contributed by atoms with Gasteiger partial charge in [0.2, 0.25) is 0 Å². The molecule has 0 unspecified atom stereocenters. The van der Waals surface area contributed by atoms with E-state index < -0.39 is 0 Å². The van der Waals surface area contributed by atoms with E-state index >= 15 is 0 Å². The van der Waals surface area contributed by atoms with Gasteiger partial charge in [0.05, 0.1) is 0 Å². The molecule has 0 aliphatic heterocycles. The van der Waals surface area contributed by atoms with Gasteiger partial charge in [-0.05, 0) is 0 Å². The Hall–Kier alpha value is -6.43. The van der Waals surface area contributed by atoms with Gasteiger partial charge in [-0.15, -0.1) is 0 Å². The number of nitrogens with one attached hydrogen (secondary N) is 2. The van der Waals surface area contributed by atoms with Crippen molar-refractivity contribution in [1.29, 1.82) is 0 Å². The number of anilines is 4. The van der Waals surface area contributed by atoms with Crippen LogP contribution in [0.1, 0.15) is 0 Å². The molecule has 0 saturated heterocycles. The van der Waals surface area contributed by atoms with Crippen LogP contribution in [0.25, 0.3) is 56.1 Å². The average molecular weight is 866 g/mol. The van der Waals surface area contributed by atoms with Gasteiger partial charge in [0, 0.05) is 0 Å². The van der Waals surface area contributed by atoms with Crippen LogP contribution in [0.2, 0.25) is 0 Å². The van der Waals surface area contributed by atoms with E-state index in [0.717, 1.165) is 79.1 Å². The summed E-state index contributed by atoms with van der Waals surface area (Å²) in [6.07, 6.45) is 7.42. The summed E-state index contributed by atoms with van der Waals surface area (Å²) >= 11 is 0.632. The van der Waals surface area contributed by atoms with Crippen LogP contribution in [0, 0.1) is 7.05 Å². The van der Waals surface area contributed by atoms with Crippen molar-refractivity contribution in [2.45, 2.75) is 0 Å². The summed E-state index contributed by atoms with van der Waals surface area (Å²) in [5, 5.41) is 7.40. The molecule has 10 rings (SSSR count). The van der Waals surface area contributed by atoms with E-state index in [1.165, 1.54) is 8.92 Å². The van der Waals surface area contributed by atoms with Crippen LogP contribution in [-0.4, -0.2) is 64.1 Å². The number of benzene rings is 4. The molecule has 6 heterocycles. The Morgan fingerprint density at radius 3 is 1.88 bits per heavy atom. The zero-order valence-corrected chi connectivity index (χ0v) is 34.1. The van der Waals surface area contributed by atoms with Crippen molar-refractivity contribution in [3.05, 3.63) is 142 Å². The number of nitrogens with zero attached hydrogens (tertiary/aromatic N) is 10. The van der Waals surface area contributed by atoms with Crippen molar-refractivity contribution in [2.75, 3.05) is 10.6 Å². The molecular weight excluding hydrogens is 830 g/mol. The van der Waals surface area contributed by atoms with Gasteiger partial charge in [0.25, 0.3) is 0 Å². The Morgan fingerprint density at radius 2 is 1.21 bits per heavy atom. The molecule has 10 aromatic rings. The summed E-state index contributed by atoms with van der Waals surface area (Å²) in [5.74, 6) is 1.82. The number of aryl methyl sites for hydroxylation is 3. The second kappa shape index (κ2) is 13.7. The molecule has 0 spiro atoms. The van der Waals surface area contributed by atoms with E-state index in [9.17, 15) is 0 Å². The second-order valence-electron chi connectivity index (χ2n) is 13.5. The van der Waals surface area contributed by atoms with Crippen LogP contribution >= 0.6 is 0 Å². The molecule has 2 N–H and O–H groups in total. The van der Waals surface area contributed by atoms with Crippen LogP contribution in [0.5, 0.6) is 0 Å². The molecule has 0 saturated carbocycles. The Balaban J connectivity index is 0.883. The first-order valence-electron chi connectivity index (χ1n) is 17.9. The molecule has 0 atom stereocenters. The summed E-state index contributed by atoms with van der Waals surface area (Å²) < 4.78 is 14.9. The maximum absolute atomic E-state index is 5.12. The molecule has 0 radical (unpaired) electrons. The fraction of sp³-hybridized carbons (Fsp3) is 0.0714. The SMILES string of the molecule is [CH2-][n+]1cn(C)c2ncn3c(Nc4ccc([Se][Se]c5ccc(Nc6c(-c7ccccc7)[n+](C)c7c8c(ncn8C)ncn67)cc5)cc4)c(-c4ccccc4)nc3c21. The van der Waals surface area contributed by atoms with E-state index in [-0.39, 0.29) is 0 Å². The number of hydrogen-bond acceptors (Lipinski definition) is 6. The number of aromatic nitrogens is 10. The van der Waals surface area contributed by atoms with Crippen molar-refractivity contribution in [3.8, 4) is 22.5 Å². The first-order chi connectivity index (χ1) is 27.4. The molecule has 0 bridgehead atoms. The second-order valence-corrected chi connectivity index (χ2v) is 19.8. The third kappa shape index (κ3) is 5.78. The molecular formula is C42H35N12Se2+. The fourth-order valence-corrected chi connectivity index (χ4v) is 13.2. The quantitative estimate of drug-likeness (QED) is 0.125. The number of fused-ring (bicyclic) bond motifs is 6. The Labute approximate surface area is 333 Å². The van der Waals surface area contributed by atoms with Gasteiger partial charge in [-0.25, -0.2) is 0 Å². The van der Waals surface area contributed by atoms with Crippen molar-refractivity contribution in [2.24, 2.45) is 21.1 Å². The molecule has 274 valence electrons. The summed E-state index contributed by atoms with van der Waals surface area (Å²) in [5.41, 5.74) is 11.3. The van der Waals surface area contributed by atoms with Crippen LogP contribution in [-0.2, 0) is 21.1 Å². The predicted molar refractivity (Wildman–Crippen MR) is 222 cm³/mol. The Kier molecular flexibility index (Phi) is 8.34. The third-order valence-electron chi connectivity index (χ3n) is 9.90. The summed E-state index contributed by atoms with van der Waals surface area (Å²) in [4.78, 5) is 19.1. The van der Waals surface area contributed by atoms with Gasteiger partial charge in [-0.2, -0.15) is 0 Å². The molecule has 12 nitrogen and oxygen atoms in total. The first kappa shape index (κ1) is 34.1. The maximum atomic E-state index is 5.12. The molecule has 14 heteroatoms. The summed E-state index contributed by atoms with van der Waals surface area (Å²) in [7, 11) is 10.3. The van der Waals surface area contributed by atoms with E-state index in [2.05, 4.69) is 129 Å². The van der Waals surface area contributed by atoms with E-state index in [4.69, 9.17) is 9.97 Å². The van der Waals surface area contributed by atoms with Crippen molar-refractivity contribution in [3.63, 3.8) is 0 Å². The van der Waals surface area contributed by atoms with Crippen molar-refractivity contribution in [1.82, 2.24) is 37.9 Å². The molecule has 4 aromatic carbocycles. The van der Waals surface area contributed by atoms with Gasteiger partial charge in [-0.1, -0.05) is 0 Å². The normalized spacial score (nSPS) is 11.7. The molecule has 0 amide bonds. The summed E-state index contributed by atoms with van der Waals surface area (Å²) in [6, 6.07) is 38.4. The van der Waals surface area contributed by atoms with Gasteiger partial charge in [0.1, 0.15) is 0 Å². The topological polar surface area (TPSA) is 102 Å². The molecule has 0 aliphatic rings. The Bertz CT molecular complexity index is 3060.